The zero-order chi connectivity index (χ0) is 13.1. The van der Waals surface area contributed by atoms with Gasteiger partial charge in [0.25, 0.3) is 0 Å². The maximum Gasteiger partial charge on any atom is 0.238 e. The number of fused-ring (bicyclic) bond motifs is 1. The van der Waals surface area contributed by atoms with Crippen molar-refractivity contribution in [1.82, 2.24) is 10.4 Å². The van der Waals surface area contributed by atoms with Crippen LogP contribution in [0.25, 0.3) is 10.8 Å². The van der Waals surface area contributed by atoms with Gasteiger partial charge in [-0.05, 0) is 23.3 Å². The average molecular weight is 242 g/mol. The molecule has 0 aliphatic carbocycles. The number of hydrogen-bond donors (Lipinski definition) is 1. The van der Waals surface area contributed by atoms with Crippen LogP contribution in [0.3, 0.4) is 0 Å². The highest BCUT2D eigenvalue weighted by Crippen LogP contribution is 2.17. The summed E-state index contributed by atoms with van der Waals surface area (Å²) in [6, 6.07) is 12.5. The van der Waals surface area contributed by atoms with Crippen LogP contribution in [0.1, 0.15) is 11.1 Å². The summed E-state index contributed by atoms with van der Waals surface area (Å²) in [5.41, 5.74) is 5.03. The SMILES string of the molecule is Cc1ccc2cc(CC(=O)NN(C)C)ccc2c1. The Morgan fingerprint density at radius 1 is 1.11 bits per heavy atom. The standard InChI is InChI=1S/C15H18N2O/c1-11-4-6-14-9-12(5-7-13(14)8-11)10-15(18)16-17(2)3/h4-9H,10H2,1-3H3,(H,16,18). The van der Waals surface area contributed by atoms with Gasteiger partial charge < -0.3 is 0 Å². The number of carbonyl (C=O) groups excluding carboxylic acids is 1. The Balaban J connectivity index is 2.20. The Morgan fingerprint density at radius 2 is 1.78 bits per heavy atom. The quantitative estimate of drug-likeness (QED) is 0.837. The van der Waals surface area contributed by atoms with Crippen LogP contribution >= 0.6 is 0 Å². The molecular weight excluding hydrogens is 224 g/mol. The average Bonchev–Trinajstić information content (AvgIpc) is 2.28. The molecule has 3 nitrogen and oxygen atoms in total. The highest BCUT2D eigenvalue weighted by molar-refractivity contribution is 5.85. The summed E-state index contributed by atoms with van der Waals surface area (Å²) in [5.74, 6) is 0.00598. The molecule has 0 aliphatic rings. The van der Waals surface area contributed by atoms with E-state index in [9.17, 15) is 4.79 Å². The Kier molecular flexibility index (Phi) is 3.63. The first-order valence-electron chi connectivity index (χ1n) is 6.01. The molecule has 0 heterocycles. The van der Waals surface area contributed by atoms with Crippen LogP contribution in [0.2, 0.25) is 0 Å². The van der Waals surface area contributed by atoms with Crippen molar-refractivity contribution in [2.75, 3.05) is 14.1 Å². The van der Waals surface area contributed by atoms with Crippen LogP contribution in [-0.4, -0.2) is 25.0 Å². The fourth-order valence-electron chi connectivity index (χ4n) is 2.00. The minimum atomic E-state index is 0.00598. The number of amides is 1. The number of hydrazine groups is 1. The molecule has 0 aliphatic heterocycles. The lowest BCUT2D eigenvalue weighted by Gasteiger charge is -2.12. The van der Waals surface area contributed by atoms with E-state index in [2.05, 4.69) is 42.7 Å². The van der Waals surface area contributed by atoms with Crippen LogP contribution in [0.5, 0.6) is 0 Å². The molecule has 3 heteroatoms. The van der Waals surface area contributed by atoms with Crippen molar-refractivity contribution < 1.29 is 4.79 Å². The Hall–Kier alpha value is -1.87. The fraction of sp³-hybridized carbons (Fsp3) is 0.267. The van der Waals surface area contributed by atoms with E-state index in [0.29, 0.717) is 6.42 Å². The number of hydrogen-bond acceptors (Lipinski definition) is 2. The Labute approximate surface area is 107 Å². The number of rotatable bonds is 3. The smallest absolute Gasteiger partial charge is 0.238 e. The zero-order valence-electron chi connectivity index (χ0n) is 11.0. The van der Waals surface area contributed by atoms with E-state index in [1.165, 1.54) is 16.3 Å². The van der Waals surface area contributed by atoms with Gasteiger partial charge in [-0.15, -0.1) is 0 Å². The topological polar surface area (TPSA) is 32.3 Å². The third kappa shape index (κ3) is 3.08. The van der Waals surface area contributed by atoms with Crippen molar-refractivity contribution >= 4 is 16.7 Å². The van der Waals surface area contributed by atoms with E-state index in [1.807, 2.05) is 6.07 Å². The van der Waals surface area contributed by atoms with Gasteiger partial charge in [-0.25, -0.2) is 5.01 Å². The van der Waals surface area contributed by atoms with E-state index in [4.69, 9.17) is 0 Å². The second-order valence-corrected chi connectivity index (χ2v) is 4.79. The zero-order valence-corrected chi connectivity index (χ0v) is 11.0. The Morgan fingerprint density at radius 3 is 2.50 bits per heavy atom. The van der Waals surface area contributed by atoms with E-state index in [0.717, 1.165) is 5.56 Å². The summed E-state index contributed by atoms with van der Waals surface area (Å²) in [6.45, 7) is 2.08. The van der Waals surface area contributed by atoms with Gasteiger partial charge in [0.15, 0.2) is 0 Å². The third-order valence-electron chi connectivity index (χ3n) is 2.77. The molecule has 0 spiro atoms. The fourth-order valence-corrected chi connectivity index (χ4v) is 2.00. The molecule has 0 aromatic heterocycles. The van der Waals surface area contributed by atoms with E-state index in [1.54, 1.807) is 19.1 Å². The molecule has 1 amide bonds. The van der Waals surface area contributed by atoms with E-state index < -0.39 is 0 Å². The number of aryl methyl sites for hydroxylation is 1. The van der Waals surface area contributed by atoms with Crippen molar-refractivity contribution in [2.24, 2.45) is 0 Å². The van der Waals surface area contributed by atoms with Gasteiger partial charge in [-0.2, -0.15) is 0 Å². The molecule has 0 saturated heterocycles. The molecule has 18 heavy (non-hydrogen) atoms. The number of nitrogens with zero attached hydrogens (tertiary/aromatic N) is 1. The minimum Gasteiger partial charge on any atom is -0.289 e. The summed E-state index contributed by atoms with van der Waals surface area (Å²) in [6.07, 6.45) is 0.405. The molecule has 94 valence electrons. The maximum atomic E-state index is 11.7. The predicted molar refractivity (Wildman–Crippen MR) is 74.2 cm³/mol. The lowest BCUT2D eigenvalue weighted by molar-refractivity contribution is -0.124. The minimum absolute atomic E-state index is 0.00598. The first-order valence-corrected chi connectivity index (χ1v) is 6.01. The lowest BCUT2D eigenvalue weighted by Crippen LogP contribution is -2.37. The molecule has 0 saturated carbocycles. The molecule has 0 atom stereocenters. The highest BCUT2D eigenvalue weighted by Gasteiger charge is 2.04. The molecule has 0 bridgehead atoms. The van der Waals surface area contributed by atoms with Crippen LogP contribution in [0.15, 0.2) is 36.4 Å². The first kappa shape index (κ1) is 12.6. The van der Waals surface area contributed by atoms with Crippen molar-refractivity contribution in [2.45, 2.75) is 13.3 Å². The largest absolute Gasteiger partial charge is 0.289 e. The van der Waals surface area contributed by atoms with Gasteiger partial charge in [-0.1, -0.05) is 42.0 Å². The van der Waals surface area contributed by atoms with Crippen LogP contribution < -0.4 is 5.43 Å². The van der Waals surface area contributed by atoms with Gasteiger partial charge in [0, 0.05) is 14.1 Å². The molecule has 2 aromatic carbocycles. The first-order chi connectivity index (χ1) is 8.54. The molecule has 2 rings (SSSR count). The molecule has 0 radical (unpaired) electrons. The van der Waals surface area contributed by atoms with Crippen molar-refractivity contribution in [1.29, 1.82) is 0 Å². The summed E-state index contributed by atoms with van der Waals surface area (Å²) in [4.78, 5) is 11.7. The van der Waals surface area contributed by atoms with Crippen LogP contribution in [0.4, 0.5) is 0 Å². The molecule has 1 N–H and O–H groups in total. The summed E-state index contributed by atoms with van der Waals surface area (Å²) >= 11 is 0. The molecule has 0 unspecified atom stereocenters. The maximum absolute atomic E-state index is 11.7. The van der Waals surface area contributed by atoms with E-state index in [-0.39, 0.29) is 5.91 Å². The third-order valence-corrected chi connectivity index (χ3v) is 2.77. The van der Waals surface area contributed by atoms with Gasteiger partial charge in [0.05, 0.1) is 6.42 Å². The van der Waals surface area contributed by atoms with Crippen molar-refractivity contribution in [3.63, 3.8) is 0 Å². The van der Waals surface area contributed by atoms with Crippen LogP contribution in [-0.2, 0) is 11.2 Å². The highest BCUT2D eigenvalue weighted by atomic mass is 16.2. The van der Waals surface area contributed by atoms with Crippen LogP contribution in [0, 0.1) is 6.92 Å². The summed E-state index contributed by atoms with van der Waals surface area (Å²) < 4.78 is 0. The predicted octanol–water partition coefficient (Wildman–Crippen LogP) is 2.28. The van der Waals surface area contributed by atoms with Crippen molar-refractivity contribution in [3.05, 3.63) is 47.5 Å². The molecular formula is C15H18N2O. The van der Waals surface area contributed by atoms with E-state index >= 15 is 0 Å². The number of nitrogens with one attached hydrogen (secondary N) is 1. The van der Waals surface area contributed by atoms with Gasteiger partial charge in [0.2, 0.25) is 5.91 Å². The number of carbonyl (C=O) groups is 1. The molecule has 2 aromatic rings. The van der Waals surface area contributed by atoms with Crippen molar-refractivity contribution in [3.8, 4) is 0 Å². The Bertz CT molecular complexity index is 576. The summed E-state index contributed by atoms with van der Waals surface area (Å²) in [7, 11) is 3.61. The van der Waals surface area contributed by atoms with Gasteiger partial charge in [-0.3, -0.25) is 10.2 Å². The second kappa shape index (κ2) is 5.19. The number of benzene rings is 2. The molecule has 0 fully saturated rings. The van der Waals surface area contributed by atoms with Gasteiger partial charge in [0.1, 0.15) is 0 Å². The van der Waals surface area contributed by atoms with Gasteiger partial charge >= 0.3 is 0 Å². The summed E-state index contributed by atoms with van der Waals surface area (Å²) in [5, 5.41) is 4.05. The second-order valence-electron chi connectivity index (χ2n) is 4.79. The normalized spacial score (nSPS) is 10.9. The lowest BCUT2D eigenvalue weighted by atomic mass is 10.0. The monoisotopic (exact) mass is 242 g/mol.